The van der Waals surface area contributed by atoms with E-state index in [4.69, 9.17) is 0 Å². The van der Waals surface area contributed by atoms with Crippen LogP contribution in [-0.2, 0) is 21.4 Å². The highest BCUT2D eigenvalue weighted by atomic mass is 16.2. The van der Waals surface area contributed by atoms with Crippen LogP contribution in [0.4, 0.5) is 0 Å². The summed E-state index contributed by atoms with van der Waals surface area (Å²) in [6.07, 6.45) is 3.26. The van der Waals surface area contributed by atoms with Gasteiger partial charge in [0.05, 0.1) is 0 Å². The molecule has 0 saturated carbocycles. The predicted molar refractivity (Wildman–Crippen MR) is 66.9 cm³/mol. The van der Waals surface area contributed by atoms with Gasteiger partial charge in [-0.15, -0.1) is 6.58 Å². The van der Waals surface area contributed by atoms with Crippen molar-refractivity contribution in [1.29, 1.82) is 0 Å². The molecule has 2 rings (SSSR count). The molecule has 1 aliphatic rings. The minimum absolute atomic E-state index is 0.0311. The smallest absolute Gasteiger partial charge is 0.151 e. The first-order valence-electron chi connectivity index (χ1n) is 5.86. The summed E-state index contributed by atoms with van der Waals surface area (Å²) in [5, 5.41) is 0. The predicted octanol–water partition coefficient (Wildman–Crippen LogP) is 2.60. The Labute approximate surface area is 101 Å². The molecular weight excluding hydrogens is 212 g/mol. The van der Waals surface area contributed by atoms with E-state index in [-0.39, 0.29) is 11.6 Å². The van der Waals surface area contributed by atoms with Gasteiger partial charge in [0.15, 0.2) is 5.78 Å². The normalized spacial score (nSPS) is 23.0. The number of fused-ring (bicyclic) bond motifs is 1. The second-order valence-corrected chi connectivity index (χ2v) is 4.53. The van der Waals surface area contributed by atoms with E-state index in [1.54, 1.807) is 6.08 Å². The highest BCUT2D eigenvalue weighted by Gasteiger charge is 2.46. The summed E-state index contributed by atoms with van der Waals surface area (Å²) in [6, 6.07) is 7.74. The Hall–Kier alpha value is -1.70. The summed E-state index contributed by atoms with van der Waals surface area (Å²) in [7, 11) is 0. The van der Waals surface area contributed by atoms with E-state index in [2.05, 4.69) is 6.58 Å². The van der Waals surface area contributed by atoms with Gasteiger partial charge in [-0.25, -0.2) is 0 Å². The maximum Gasteiger partial charge on any atom is 0.151 e. The second-order valence-electron chi connectivity index (χ2n) is 4.53. The molecule has 88 valence electrons. The first-order valence-corrected chi connectivity index (χ1v) is 5.86. The van der Waals surface area contributed by atoms with E-state index in [1.807, 2.05) is 24.3 Å². The van der Waals surface area contributed by atoms with Gasteiger partial charge >= 0.3 is 0 Å². The van der Waals surface area contributed by atoms with E-state index in [0.717, 1.165) is 17.5 Å². The van der Waals surface area contributed by atoms with Crippen molar-refractivity contribution >= 4 is 11.6 Å². The van der Waals surface area contributed by atoms with Gasteiger partial charge in [-0.1, -0.05) is 30.3 Å². The summed E-state index contributed by atoms with van der Waals surface area (Å²) in [4.78, 5) is 24.3. The molecule has 1 atom stereocenters. The number of carbonyl (C=O) groups is 2. The molecule has 1 aliphatic carbocycles. The number of aryl methyl sites for hydroxylation is 1. The van der Waals surface area contributed by atoms with Gasteiger partial charge in [0, 0.05) is 6.42 Å². The van der Waals surface area contributed by atoms with Crippen molar-refractivity contribution in [2.75, 3.05) is 0 Å². The minimum atomic E-state index is -0.976. The molecule has 0 N–H and O–H groups in total. The Morgan fingerprint density at radius 1 is 1.41 bits per heavy atom. The standard InChI is InChI=1S/C15H16O2/c1-3-10-15(11(2)16)13-7-5-4-6-12(13)8-9-14(15)17/h3-7H,1,8-10H2,2H3/t15-/m0/s1. The van der Waals surface area contributed by atoms with Crippen molar-refractivity contribution < 1.29 is 9.59 Å². The third kappa shape index (κ3) is 1.64. The lowest BCUT2D eigenvalue weighted by atomic mass is 9.65. The number of carbonyl (C=O) groups excluding carboxylic acids is 2. The van der Waals surface area contributed by atoms with Gasteiger partial charge in [-0.05, 0) is 30.9 Å². The fraction of sp³-hybridized carbons (Fsp3) is 0.333. The Morgan fingerprint density at radius 3 is 2.76 bits per heavy atom. The lowest BCUT2D eigenvalue weighted by molar-refractivity contribution is -0.134. The van der Waals surface area contributed by atoms with Crippen molar-refractivity contribution in [3.63, 3.8) is 0 Å². The lowest BCUT2D eigenvalue weighted by Gasteiger charge is -2.34. The van der Waals surface area contributed by atoms with Crippen LogP contribution in [0.1, 0.15) is 30.9 Å². The SMILES string of the molecule is C=CC[C@@]1(C(C)=O)C(=O)CCc2ccccc21. The second kappa shape index (κ2) is 4.28. The van der Waals surface area contributed by atoms with Crippen molar-refractivity contribution in [2.45, 2.75) is 31.6 Å². The highest BCUT2D eigenvalue weighted by Crippen LogP contribution is 2.38. The van der Waals surface area contributed by atoms with E-state index in [0.29, 0.717) is 12.8 Å². The molecule has 2 nitrogen and oxygen atoms in total. The van der Waals surface area contributed by atoms with Crippen LogP contribution in [0.15, 0.2) is 36.9 Å². The molecule has 1 aromatic rings. The van der Waals surface area contributed by atoms with Crippen LogP contribution in [0, 0.1) is 0 Å². The van der Waals surface area contributed by atoms with Gasteiger partial charge in [0.25, 0.3) is 0 Å². The molecular formula is C15H16O2. The Kier molecular flexibility index (Phi) is 2.97. The van der Waals surface area contributed by atoms with Crippen molar-refractivity contribution in [3.8, 4) is 0 Å². The van der Waals surface area contributed by atoms with E-state index < -0.39 is 5.41 Å². The van der Waals surface area contributed by atoms with Crippen LogP contribution in [0.2, 0.25) is 0 Å². The van der Waals surface area contributed by atoms with Gasteiger partial charge in [-0.3, -0.25) is 9.59 Å². The fourth-order valence-electron chi connectivity index (χ4n) is 2.74. The average Bonchev–Trinajstić information content (AvgIpc) is 2.32. The van der Waals surface area contributed by atoms with Crippen LogP contribution in [-0.4, -0.2) is 11.6 Å². The molecule has 0 unspecified atom stereocenters. The van der Waals surface area contributed by atoms with Crippen LogP contribution in [0.5, 0.6) is 0 Å². The lowest BCUT2D eigenvalue weighted by Crippen LogP contribution is -2.45. The maximum absolute atomic E-state index is 12.2. The fourth-order valence-corrected chi connectivity index (χ4v) is 2.74. The Bertz CT molecular complexity index is 487. The number of ketones is 2. The van der Waals surface area contributed by atoms with E-state index in [9.17, 15) is 9.59 Å². The Morgan fingerprint density at radius 2 is 2.12 bits per heavy atom. The van der Waals surface area contributed by atoms with Crippen LogP contribution < -0.4 is 0 Å². The van der Waals surface area contributed by atoms with E-state index >= 15 is 0 Å². The van der Waals surface area contributed by atoms with Crippen LogP contribution >= 0.6 is 0 Å². The number of hydrogen-bond acceptors (Lipinski definition) is 2. The van der Waals surface area contributed by atoms with Gasteiger partial charge in [-0.2, -0.15) is 0 Å². The van der Waals surface area contributed by atoms with Crippen LogP contribution in [0.25, 0.3) is 0 Å². The largest absolute Gasteiger partial charge is 0.299 e. The van der Waals surface area contributed by atoms with E-state index in [1.165, 1.54) is 6.92 Å². The number of allylic oxidation sites excluding steroid dienone is 1. The summed E-state index contributed by atoms with van der Waals surface area (Å²) in [6.45, 7) is 5.19. The molecule has 0 saturated heterocycles. The molecule has 0 amide bonds. The van der Waals surface area contributed by atoms with Crippen molar-refractivity contribution in [1.82, 2.24) is 0 Å². The van der Waals surface area contributed by atoms with Gasteiger partial charge in [0.2, 0.25) is 0 Å². The third-order valence-corrected chi connectivity index (χ3v) is 3.63. The van der Waals surface area contributed by atoms with Crippen molar-refractivity contribution in [3.05, 3.63) is 48.0 Å². The molecule has 2 heteroatoms. The summed E-state index contributed by atoms with van der Waals surface area (Å²) < 4.78 is 0. The first-order chi connectivity index (χ1) is 8.13. The quantitative estimate of drug-likeness (QED) is 0.588. The molecule has 0 spiro atoms. The zero-order valence-electron chi connectivity index (χ0n) is 10.0. The topological polar surface area (TPSA) is 34.1 Å². The number of benzene rings is 1. The van der Waals surface area contributed by atoms with Crippen molar-refractivity contribution in [2.24, 2.45) is 0 Å². The molecule has 17 heavy (non-hydrogen) atoms. The van der Waals surface area contributed by atoms with Crippen LogP contribution in [0.3, 0.4) is 0 Å². The maximum atomic E-state index is 12.2. The van der Waals surface area contributed by atoms with Gasteiger partial charge < -0.3 is 0 Å². The zero-order valence-corrected chi connectivity index (χ0v) is 10.0. The highest BCUT2D eigenvalue weighted by molar-refractivity contribution is 6.13. The molecule has 0 heterocycles. The third-order valence-electron chi connectivity index (χ3n) is 3.63. The number of rotatable bonds is 3. The first kappa shape index (κ1) is 11.8. The van der Waals surface area contributed by atoms with Gasteiger partial charge in [0.1, 0.15) is 11.2 Å². The summed E-state index contributed by atoms with van der Waals surface area (Å²) >= 11 is 0. The summed E-state index contributed by atoms with van der Waals surface area (Å²) in [5.41, 5.74) is 1.02. The Balaban J connectivity index is 2.68. The molecule has 0 fully saturated rings. The molecule has 0 aromatic heterocycles. The molecule has 1 aromatic carbocycles. The average molecular weight is 228 g/mol. The molecule has 0 aliphatic heterocycles. The summed E-state index contributed by atoms with van der Waals surface area (Å²) in [5.74, 6) is -0.0434. The number of hydrogen-bond donors (Lipinski definition) is 0. The molecule has 0 bridgehead atoms. The minimum Gasteiger partial charge on any atom is -0.299 e. The number of Topliss-reactive ketones (excluding diaryl/α,β-unsaturated/α-hetero) is 2. The molecule has 0 radical (unpaired) electrons. The monoisotopic (exact) mass is 228 g/mol. The zero-order chi connectivity index (χ0) is 12.5.